The third kappa shape index (κ3) is 3.23. The summed E-state index contributed by atoms with van der Waals surface area (Å²) in [6.07, 6.45) is 1.79. The largest absolute Gasteiger partial charge is 0.325 e. The van der Waals surface area contributed by atoms with Crippen LogP contribution in [0, 0.1) is 0 Å². The zero-order valence-corrected chi connectivity index (χ0v) is 14.2. The molecule has 7 heteroatoms. The van der Waals surface area contributed by atoms with Crippen LogP contribution >= 0.6 is 11.8 Å². The summed E-state index contributed by atoms with van der Waals surface area (Å²) in [6, 6.07) is 15.5. The number of aromatic nitrogens is 2. The number of hydrogen-bond donors (Lipinski definition) is 1. The standard InChI is InChI=1S/C18H16N4O2S/c23-17(11-21-9-10-25-18(21)24)20-13-5-7-14(8-6-13)22-12-19-15-3-1-2-4-16(15)22/h1-8,12H,9-11H2,(H,20,23). The van der Waals surface area contributed by atoms with Crippen LogP contribution in [0.5, 0.6) is 0 Å². The molecule has 1 saturated heterocycles. The van der Waals surface area contributed by atoms with E-state index in [0.29, 0.717) is 12.2 Å². The number of carbonyl (C=O) groups excluding carboxylic acids is 2. The Kier molecular flexibility index (Phi) is 4.15. The number of fused-ring (bicyclic) bond motifs is 1. The SMILES string of the molecule is O=C(CN1CCSC1=O)Nc1ccc(-n2cnc3ccccc32)cc1. The van der Waals surface area contributed by atoms with Crippen LogP contribution in [0.25, 0.3) is 16.7 Å². The second-order valence-electron chi connectivity index (χ2n) is 5.73. The highest BCUT2D eigenvalue weighted by molar-refractivity contribution is 8.13. The van der Waals surface area contributed by atoms with Crippen LogP contribution in [-0.4, -0.2) is 44.4 Å². The number of nitrogens with zero attached hydrogens (tertiary/aromatic N) is 3. The van der Waals surface area contributed by atoms with Crippen LogP contribution in [0.1, 0.15) is 0 Å². The quantitative estimate of drug-likeness (QED) is 0.783. The van der Waals surface area contributed by atoms with Gasteiger partial charge in [0, 0.05) is 23.7 Å². The lowest BCUT2D eigenvalue weighted by Gasteiger charge is -2.14. The van der Waals surface area contributed by atoms with Gasteiger partial charge in [0.25, 0.3) is 5.24 Å². The number of thioether (sulfide) groups is 1. The van der Waals surface area contributed by atoms with Gasteiger partial charge in [-0.2, -0.15) is 0 Å². The van der Waals surface area contributed by atoms with Crippen molar-refractivity contribution in [1.82, 2.24) is 14.5 Å². The minimum absolute atomic E-state index is 0.0301. The highest BCUT2D eigenvalue weighted by atomic mass is 32.2. The zero-order chi connectivity index (χ0) is 17.2. The van der Waals surface area contributed by atoms with E-state index < -0.39 is 0 Å². The van der Waals surface area contributed by atoms with Crippen molar-refractivity contribution in [3.63, 3.8) is 0 Å². The molecule has 1 aliphatic rings. The molecular weight excluding hydrogens is 336 g/mol. The number of benzene rings is 2. The monoisotopic (exact) mass is 352 g/mol. The van der Waals surface area contributed by atoms with Crippen LogP contribution in [0.3, 0.4) is 0 Å². The fraction of sp³-hybridized carbons (Fsp3) is 0.167. The summed E-state index contributed by atoms with van der Waals surface area (Å²) in [5, 5.41) is 2.80. The molecule has 1 N–H and O–H groups in total. The number of amides is 2. The first kappa shape index (κ1) is 15.7. The molecule has 0 saturated carbocycles. The van der Waals surface area contributed by atoms with Gasteiger partial charge in [-0.25, -0.2) is 4.98 Å². The van der Waals surface area contributed by atoms with Crippen LogP contribution in [0.2, 0.25) is 0 Å². The number of imidazole rings is 1. The van der Waals surface area contributed by atoms with E-state index in [1.165, 1.54) is 11.8 Å². The van der Waals surface area contributed by atoms with Gasteiger partial charge in [-0.1, -0.05) is 23.9 Å². The molecule has 3 aromatic rings. The van der Waals surface area contributed by atoms with Crippen molar-refractivity contribution in [3.05, 3.63) is 54.9 Å². The number of hydrogen-bond acceptors (Lipinski definition) is 4. The van der Waals surface area contributed by atoms with E-state index in [9.17, 15) is 9.59 Å². The average molecular weight is 352 g/mol. The Morgan fingerprint density at radius 2 is 1.96 bits per heavy atom. The van der Waals surface area contributed by atoms with Gasteiger partial charge in [-0.15, -0.1) is 0 Å². The van der Waals surface area contributed by atoms with Crippen molar-refractivity contribution in [3.8, 4) is 5.69 Å². The van der Waals surface area contributed by atoms with E-state index in [4.69, 9.17) is 0 Å². The minimum atomic E-state index is -0.184. The zero-order valence-electron chi connectivity index (χ0n) is 13.4. The molecule has 0 bridgehead atoms. The van der Waals surface area contributed by atoms with Gasteiger partial charge in [0.1, 0.15) is 12.9 Å². The van der Waals surface area contributed by atoms with Gasteiger partial charge >= 0.3 is 0 Å². The molecule has 0 unspecified atom stereocenters. The van der Waals surface area contributed by atoms with Crippen LogP contribution in [-0.2, 0) is 4.79 Å². The van der Waals surface area contributed by atoms with Crippen molar-refractivity contribution < 1.29 is 9.59 Å². The Balaban J connectivity index is 1.47. The maximum atomic E-state index is 12.1. The summed E-state index contributed by atoms with van der Waals surface area (Å²) < 4.78 is 2.00. The first-order chi connectivity index (χ1) is 12.2. The van der Waals surface area contributed by atoms with E-state index in [1.807, 2.05) is 53.1 Å². The predicted octanol–water partition coefficient (Wildman–Crippen LogP) is 3.13. The fourth-order valence-corrected chi connectivity index (χ4v) is 3.64. The van der Waals surface area contributed by atoms with Gasteiger partial charge < -0.3 is 10.2 Å². The summed E-state index contributed by atoms with van der Waals surface area (Å²) in [7, 11) is 0. The topological polar surface area (TPSA) is 67.2 Å². The smallest absolute Gasteiger partial charge is 0.282 e. The van der Waals surface area contributed by atoms with Gasteiger partial charge in [-0.05, 0) is 36.4 Å². The molecule has 0 aliphatic carbocycles. The summed E-state index contributed by atoms with van der Waals surface area (Å²) >= 11 is 1.25. The summed E-state index contributed by atoms with van der Waals surface area (Å²) in [4.78, 5) is 29.6. The number of carbonyl (C=O) groups is 2. The second-order valence-corrected chi connectivity index (χ2v) is 6.78. The van der Waals surface area contributed by atoms with E-state index in [0.717, 1.165) is 22.5 Å². The van der Waals surface area contributed by atoms with Crippen molar-refractivity contribution >= 4 is 39.6 Å². The van der Waals surface area contributed by atoms with E-state index in [1.54, 1.807) is 11.2 Å². The average Bonchev–Trinajstić information content (AvgIpc) is 3.22. The molecular formula is C18H16N4O2S. The van der Waals surface area contributed by atoms with Crippen molar-refractivity contribution in [2.24, 2.45) is 0 Å². The second kappa shape index (κ2) is 6.60. The van der Waals surface area contributed by atoms with Crippen molar-refractivity contribution in [2.75, 3.05) is 24.2 Å². The van der Waals surface area contributed by atoms with Gasteiger partial charge in [0.15, 0.2) is 0 Å². The van der Waals surface area contributed by atoms with E-state index in [-0.39, 0.29) is 17.7 Å². The highest BCUT2D eigenvalue weighted by Gasteiger charge is 2.23. The van der Waals surface area contributed by atoms with E-state index >= 15 is 0 Å². The molecule has 0 radical (unpaired) electrons. The Morgan fingerprint density at radius 1 is 1.16 bits per heavy atom. The Hall–Kier alpha value is -2.80. The molecule has 1 aliphatic heterocycles. The number of para-hydroxylation sites is 2. The number of rotatable bonds is 4. The third-order valence-corrected chi connectivity index (χ3v) is 4.95. The summed E-state index contributed by atoms with van der Waals surface area (Å²) in [6.45, 7) is 0.726. The maximum absolute atomic E-state index is 12.1. The Labute approximate surface area is 148 Å². The molecule has 1 aromatic heterocycles. The lowest BCUT2D eigenvalue weighted by atomic mass is 10.2. The van der Waals surface area contributed by atoms with Crippen LogP contribution in [0.15, 0.2) is 54.9 Å². The molecule has 0 atom stereocenters. The lowest BCUT2D eigenvalue weighted by Crippen LogP contribution is -2.33. The molecule has 1 fully saturated rings. The molecule has 2 aromatic carbocycles. The molecule has 2 amide bonds. The van der Waals surface area contributed by atoms with Crippen molar-refractivity contribution in [2.45, 2.75) is 0 Å². The minimum Gasteiger partial charge on any atom is -0.325 e. The Bertz CT molecular complexity index is 936. The number of anilines is 1. The normalized spacial score (nSPS) is 14.2. The van der Waals surface area contributed by atoms with Crippen LogP contribution < -0.4 is 5.32 Å². The predicted molar refractivity (Wildman–Crippen MR) is 99.1 cm³/mol. The maximum Gasteiger partial charge on any atom is 0.282 e. The fourth-order valence-electron chi connectivity index (χ4n) is 2.81. The molecule has 126 valence electrons. The Morgan fingerprint density at radius 3 is 2.72 bits per heavy atom. The summed E-state index contributed by atoms with van der Waals surface area (Å²) in [5.41, 5.74) is 3.65. The molecule has 0 spiro atoms. The molecule has 4 rings (SSSR count). The van der Waals surface area contributed by atoms with Gasteiger partial charge in [-0.3, -0.25) is 14.2 Å². The first-order valence-corrected chi connectivity index (χ1v) is 8.93. The van der Waals surface area contributed by atoms with Crippen LogP contribution in [0.4, 0.5) is 10.5 Å². The summed E-state index contributed by atoms with van der Waals surface area (Å²) in [5.74, 6) is 0.566. The van der Waals surface area contributed by atoms with Crippen molar-refractivity contribution in [1.29, 1.82) is 0 Å². The first-order valence-electron chi connectivity index (χ1n) is 7.95. The number of nitrogens with one attached hydrogen (secondary N) is 1. The van der Waals surface area contributed by atoms with E-state index in [2.05, 4.69) is 10.3 Å². The van der Waals surface area contributed by atoms with Gasteiger partial charge in [0.2, 0.25) is 5.91 Å². The molecule has 6 nitrogen and oxygen atoms in total. The molecule has 25 heavy (non-hydrogen) atoms. The van der Waals surface area contributed by atoms with Gasteiger partial charge in [0.05, 0.1) is 11.0 Å². The highest BCUT2D eigenvalue weighted by Crippen LogP contribution is 2.20. The third-order valence-electron chi connectivity index (χ3n) is 4.06. The molecule has 2 heterocycles. The lowest BCUT2D eigenvalue weighted by molar-refractivity contribution is -0.116.